The van der Waals surface area contributed by atoms with E-state index in [2.05, 4.69) is 36.5 Å². The molecule has 8 heteroatoms. The van der Waals surface area contributed by atoms with Crippen LogP contribution in [-0.4, -0.2) is 47.1 Å². The van der Waals surface area contributed by atoms with Gasteiger partial charge in [-0.15, -0.1) is 11.3 Å². The summed E-state index contributed by atoms with van der Waals surface area (Å²) in [5.74, 6) is 0.571. The molecule has 1 fully saturated rings. The monoisotopic (exact) mass is 367 g/mol. The van der Waals surface area contributed by atoms with Crippen molar-refractivity contribution in [1.82, 2.24) is 20.2 Å². The average molecular weight is 368 g/mol. The van der Waals surface area contributed by atoms with E-state index in [0.29, 0.717) is 19.0 Å². The average Bonchev–Trinajstić information content (AvgIpc) is 3.13. The number of nitrogens with zero attached hydrogens (tertiary/aromatic N) is 3. The van der Waals surface area contributed by atoms with Gasteiger partial charge < -0.3 is 15.5 Å². The number of thiophene rings is 1. The molecule has 110 valence electrons. The molecule has 2 N–H and O–H groups in total. The Hall–Kier alpha value is -1.67. The number of aromatic nitrogens is 2. The Balaban J connectivity index is 1.63. The number of urea groups is 1. The third kappa shape index (κ3) is 3.33. The second-order valence-corrected chi connectivity index (χ2v) is 6.32. The van der Waals surface area contributed by atoms with Gasteiger partial charge in [-0.3, -0.25) is 0 Å². The topological polar surface area (TPSA) is 70.2 Å². The molecule has 1 aliphatic heterocycles. The van der Waals surface area contributed by atoms with E-state index in [4.69, 9.17) is 0 Å². The molecule has 0 saturated carbocycles. The molecule has 0 unspecified atom stereocenters. The SMILES string of the molecule is O=C1NCCN1CCNc1ncc(Br)c(-c2cccs2)n1. The first-order chi connectivity index (χ1) is 10.2. The van der Waals surface area contributed by atoms with Crippen LogP contribution in [0.15, 0.2) is 28.2 Å². The van der Waals surface area contributed by atoms with Crippen LogP contribution >= 0.6 is 27.3 Å². The molecule has 2 amide bonds. The summed E-state index contributed by atoms with van der Waals surface area (Å²) in [6.45, 7) is 2.73. The van der Waals surface area contributed by atoms with Gasteiger partial charge >= 0.3 is 6.03 Å². The Labute approximate surface area is 134 Å². The number of hydrogen-bond donors (Lipinski definition) is 2. The largest absolute Gasteiger partial charge is 0.352 e. The molecular formula is C13H14BrN5OS. The predicted molar refractivity (Wildman–Crippen MR) is 86.5 cm³/mol. The van der Waals surface area contributed by atoms with Crippen LogP contribution in [0.5, 0.6) is 0 Å². The number of carbonyl (C=O) groups excluding carboxylic acids is 1. The Morgan fingerprint density at radius 2 is 2.43 bits per heavy atom. The maximum absolute atomic E-state index is 11.4. The van der Waals surface area contributed by atoms with E-state index < -0.39 is 0 Å². The summed E-state index contributed by atoms with van der Waals surface area (Å²) in [5, 5.41) is 7.95. The number of amides is 2. The molecule has 21 heavy (non-hydrogen) atoms. The summed E-state index contributed by atoms with van der Waals surface area (Å²) in [7, 11) is 0. The normalized spacial score (nSPS) is 14.3. The Morgan fingerprint density at radius 1 is 1.52 bits per heavy atom. The van der Waals surface area contributed by atoms with Gasteiger partial charge in [0.1, 0.15) is 0 Å². The van der Waals surface area contributed by atoms with Crippen LogP contribution in [-0.2, 0) is 0 Å². The summed E-state index contributed by atoms with van der Waals surface area (Å²) >= 11 is 5.11. The molecule has 1 aliphatic rings. The zero-order valence-corrected chi connectivity index (χ0v) is 13.6. The van der Waals surface area contributed by atoms with Crippen LogP contribution in [0.3, 0.4) is 0 Å². The zero-order chi connectivity index (χ0) is 14.7. The van der Waals surface area contributed by atoms with Gasteiger partial charge in [0, 0.05) is 32.4 Å². The summed E-state index contributed by atoms with van der Waals surface area (Å²) in [5.41, 5.74) is 0.876. The fourth-order valence-electron chi connectivity index (χ4n) is 2.07. The van der Waals surface area contributed by atoms with Crippen molar-refractivity contribution in [3.63, 3.8) is 0 Å². The minimum absolute atomic E-state index is 0.00667. The van der Waals surface area contributed by atoms with Crippen molar-refractivity contribution in [3.05, 3.63) is 28.2 Å². The van der Waals surface area contributed by atoms with Crippen molar-refractivity contribution in [2.75, 3.05) is 31.5 Å². The van der Waals surface area contributed by atoms with Gasteiger partial charge in [0.2, 0.25) is 5.95 Å². The van der Waals surface area contributed by atoms with Crippen molar-refractivity contribution < 1.29 is 4.79 Å². The van der Waals surface area contributed by atoms with Gasteiger partial charge in [0.05, 0.1) is 15.0 Å². The minimum atomic E-state index is -0.00667. The Morgan fingerprint density at radius 3 is 3.14 bits per heavy atom. The fraction of sp³-hybridized carbons (Fsp3) is 0.308. The highest BCUT2D eigenvalue weighted by Gasteiger charge is 2.18. The number of halogens is 1. The molecule has 0 aliphatic carbocycles. The van der Waals surface area contributed by atoms with Gasteiger partial charge in [0.25, 0.3) is 0 Å². The molecule has 2 aromatic rings. The van der Waals surface area contributed by atoms with E-state index in [-0.39, 0.29) is 6.03 Å². The van der Waals surface area contributed by atoms with E-state index in [9.17, 15) is 4.79 Å². The molecule has 3 heterocycles. The fourth-order valence-corrected chi connectivity index (χ4v) is 3.33. The quantitative estimate of drug-likeness (QED) is 0.851. The minimum Gasteiger partial charge on any atom is -0.352 e. The highest BCUT2D eigenvalue weighted by molar-refractivity contribution is 9.10. The van der Waals surface area contributed by atoms with Crippen LogP contribution in [0, 0.1) is 0 Å². The molecular weight excluding hydrogens is 354 g/mol. The number of nitrogens with one attached hydrogen (secondary N) is 2. The highest BCUT2D eigenvalue weighted by atomic mass is 79.9. The van der Waals surface area contributed by atoms with Crippen molar-refractivity contribution in [3.8, 4) is 10.6 Å². The first kappa shape index (κ1) is 14.3. The van der Waals surface area contributed by atoms with Crippen LogP contribution in [0.4, 0.5) is 10.7 Å². The summed E-state index contributed by atoms with van der Waals surface area (Å²) in [6, 6.07) is 4.01. The third-order valence-corrected chi connectivity index (χ3v) is 4.57. The van der Waals surface area contributed by atoms with E-state index in [1.54, 1.807) is 22.4 Å². The molecule has 1 saturated heterocycles. The predicted octanol–water partition coefficient (Wildman–Crippen LogP) is 2.40. The van der Waals surface area contributed by atoms with Crippen molar-refractivity contribution in [2.45, 2.75) is 0 Å². The lowest BCUT2D eigenvalue weighted by Gasteiger charge is -2.14. The second kappa shape index (κ2) is 6.40. The van der Waals surface area contributed by atoms with E-state index >= 15 is 0 Å². The van der Waals surface area contributed by atoms with Gasteiger partial charge in [0.15, 0.2) is 0 Å². The second-order valence-electron chi connectivity index (χ2n) is 4.51. The number of anilines is 1. The molecule has 6 nitrogen and oxygen atoms in total. The number of rotatable bonds is 5. The van der Waals surface area contributed by atoms with E-state index in [1.165, 1.54) is 0 Å². The smallest absolute Gasteiger partial charge is 0.317 e. The van der Waals surface area contributed by atoms with Gasteiger partial charge in [-0.25, -0.2) is 14.8 Å². The lowest BCUT2D eigenvalue weighted by Crippen LogP contribution is -2.32. The highest BCUT2D eigenvalue weighted by Crippen LogP contribution is 2.29. The summed E-state index contributed by atoms with van der Waals surface area (Å²) in [6.07, 6.45) is 1.74. The number of hydrogen-bond acceptors (Lipinski definition) is 5. The maximum Gasteiger partial charge on any atom is 0.317 e. The first-order valence-corrected chi connectivity index (χ1v) is 8.24. The van der Waals surface area contributed by atoms with Crippen LogP contribution in [0.25, 0.3) is 10.6 Å². The maximum atomic E-state index is 11.4. The Kier molecular flexibility index (Phi) is 4.35. The van der Waals surface area contributed by atoms with Gasteiger partial charge in [-0.05, 0) is 27.4 Å². The summed E-state index contributed by atoms with van der Waals surface area (Å²) < 4.78 is 0.870. The third-order valence-electron chi connectivity index (χ3n) is 3.11. The van der Waals surface area contributed by atoms with E-state index in [1.807, 2.05) is 17.5 Å². The van der Waals surface area contributed by atoms with Crippen molar-refractivity contribution >= 4 is 39.2 Å². The van der Waals surface area contributed by atoms with Crippen molar-refractivity contribution in [2.24, 2.45) is 0 Å². The van der Waals surface area contributed by atoms with Crippen LogP contribution < -0.4 is 10.6 Å². The first-order valence-electron chi connectivity index (χ1n) is 6.57. The zero-order valence-electron chi connectivity index (χ0n) is 11.2. The molecule has 0 aromatic carbocycles. The van der Waals surface area contributed by atoms with Gasteiger partial charge in [-0.1, -0.05) is 6.07 Å². The molecule has 0 atom stereocenters. The molecule has 3 rings (SSSR count). The Bertz CT molecular complexity index is 633. The standard InChI is InChI=1S/C13H14BrN5OS/c14-9-8-17-12(18-11(9)10-2-1-7-21-10)15-3-5-19-6-4-16-13(19)20/h1-2,7-8H,3-6H2,(H,16,20)(H,15,17,18). The van der Waals surface area contributed by atoms with Crippen LogP contribution in [0.1, 0.15) is 0 Å². The molecule has 0 radical (unpaired) electrons. The molecule has 0 bridgehead atoms. The molecule has 2 aromatic heterocycles. The number of carbonyl (C=O) groups is 1. The van der Waals surface area contributed by atoms with Crippen LogP contribution in [0.2, 0.25) is 0 Å². The molecule has 0 spiro atoms. The van der Waals surface area contributed by atoms with Gasteiger partial charge in [-0.2, -0.15) is 0 Å². The lowest BCUT2D eigenvalue weighted by molar-refractivity contribution is 0.219. The summed E-state index contributed by atoms with van der Waals surface area (Å²) in [4.78, 5) is 23.0. The van der Waals surface area contributed by atoms with E-state index in [0.717, 1.165) is 28.1 Å². The lowest BCUT2D eigenvalue weighted by atomic mass is 10.3. The van der Waals surface area contributed by atoms with Crippen molar-refractivity contribution in [1.29, 1.82) is 0 Å².